The number of hydrazone groups is 1. The Bertz CT molecular complexity index is 1480. The summed E-state index contributed by atoms with van der Waals surface area (Å²) in [6.07, 6.45) is 1.73. The van der Waals surface area contributed by atoms with Crippen LogP contribution >= 0.6 is 11.8 Å². The molecule has 0 radical (unpaired) electrons. The Morgan fingerprint density at radius 1 is 0.971 bits per heavy atom. The number of aryl methyl sites for hydroxylation is 1. The molecule has 174 valence electrons. The van der Waals surface area contributed by atoms with E-state index in [-0.39, 0.29) is 11.7 Å². The first-order valence-corrected chi connectivity index (χ1v) is 12.5. The van der Waals surface area contributed by atoms with E-state index >= 15 is 0 Å². The van der Waals surface area contributed by atoms with E-state index < -0.39 is 0 Å². The lowest BCUT2D eigenvalue weighted by Gasteiger charge is -2.08. The van der Waals surface area contributed by atoms with Crippen molar-refractivity contribution in [1.29, 1.82) is 0 Å². The predicted octanol–water partition coefficient (Wildman–Crippen LogP) is 5.82. The van der Waals surface area contributed by atoms with Gasteiger partial charge in [-0.3, -0.25) is 4.79 Å². The summed E-state index contributed by atoms with van der Waals surface area (Å²) in [6.45, 7) is 4.82. The number of carbonyl (C=O) groups excluding carboxylic acids is 1. The number of rotatable bonds is 7. The summed E-state index contributed by atoms with van der Waals surface area (Å²) < 4.78 is 2.02. The molecule has 0 fully saturated rings. The van der Waals surface area contributed by atoms with Crippen LogP contribution in [0.25, 0.3) is 32.9 Å². The van der Waals surface area contributed by atoms with Crippen LogP contribution in [0, 0.1) is 6.92 Å². The molecule has 0 spiro atoms. The van der Waals surface area contributed by atoms with Crippen LogP contribution in [0.3, 0.4) is 0 Å². The molecule has 1 amide bonds. The van der Waals surface area contributed by atoms with Gasteiger partial charge in [0.2, 0.25) is 0 Å². The first-order chi connectivity index (χ1) is 17.1. The van der Waals surface area contributed by atoms with Gasteiger partial charge in [-0.2, -0.15) is 5.10 Å². The van der Waals surface area contributed by atoms with Crippen molar-refractivity contribution in [2.45, 2.75) is 25.5 Å². The van der Waals surface area contributed by atoms with E-state index in [1.165, 1.54) is 17.3 Å². The monoisotopic (exact) mass is 479 g/mol. The van der Waals surface area contributed by atoms with Crippen molar-refractivity contribution >= 4 is 45.4 Å². The van der Waals surface area contributed by atoms with Crippen molar-refractivity contribution < 1.29 is 4.79 Å². The normalized spacial score (nSPS) is 11.5. The van der Waals surface area contributed by atoms with Crippen molar-refractivity contribution in [2.24, 2.45) is 5.10 Å². The highest BCUT2D eigenvalue weighted by molar-refractivity contribution is 7.99. The molecule has 0 atom stereocenters. The van der Waals surface area contributed by atoms with E-state index in [2.05, 4.69) is 70.1 Å². The summed E-state index contributed by atoms with van der Waals surface area (Å²) in [5.41, 5.74) is 5.85. The Kier molecular flexibility index (Phi) is 6.59. The molecular weight excluding hydrogens is 454 g/mol. The van der Waals surface area contributed by atoms with Gasteiger partial charge in [0.15, 0.2) is 11.0 Å². The Hall–Kier alpha value is -3.97. The molecule has 0 bridgehead atoms. The summed E-state index contributed by atoms with van der Waals surface area (Å²) in [5.74, 6) is 0.800. The molecule has 35 heavy (non-hydrogen) atoms. The Morgan fingerprint density at radius 2 is 1.63 bits per heavy atom. The van der Waals surface area contributed by atoms with E-state index in [1.54, 1.807) is 6.21 Å². The number of hydrogen-bond acceptors (Lipinski definition) is 5. The second-order valence-corrected chi connectivity index (χ2v) is 9.17. The zero-order valence-corrected chi connectivity index (χ0v) is 20.4. The van der Waals surface area contributed by atoms with E-state index in [4.69, 9.17) is 0 Å². The molecule has 5 aromatic rings. The minimum absolute atomic E-state index is 0.194. The maximum Gasteiger partial charge on any atom is 0.250 e. The number of benzene rings is 4. The molecule has 6 nitrogen and oxygen atoms in total. The van der Waals surface area contributed by atoms with Gasteiger partial charge in [-0.05, 0) is 41.5 Å². The lowest BCUT2D eigenvalue weighted by atomic mass is 9.97. The van der Waals surface area contributed by atoms with Gasteiger partial charge in [-0.15, -0.1) is 10.2 Å². The third-order valence-corrected chi connectivity index (χ3v) is 6.84. The predicted molar refractivity (Wildman–Crippen MR) is 144 cm³/mol. The smallest absolute Gasteiger partial charge is 0.250 e. The van der Waals surface area contributed by atoms with Crippen molar-refractivity contribution in [3.63, 3.8) is 0 Å². The lowest BCUT2D eigenvalue weighted by molar-refractivity contribution is -0.118. The molecule has 0 saturated carbocycles. The molecule has 0 aliphatic rings. The van der Waals surface area contributed by atoms with Gasteiger partial charge < -0.3 is 4.57 Å². The van der Waals surface area contributed by atoms with Gasteiger partial charge in [0.25, 0.3) is 5.91 Å². The summed E-state index contributed by atoms with van der Waals surface area (Å²) >= 11 is 1.35. The zero-order valence-electron chi connectivity index (χ0n) is 19.6. The number of nitrogens with zero attached hydrogens (tertiary/aromatic N) is 4. The fourth-order valence-electron chi connectivity index (χ4n) is 4.12. The Balaban J connectivity index is 1.29. The average Bonchev–Trinajstić information content (AvgIpc) is 3.30. The van der Waals surface area contributed by atoms with Crippen LogP contribution in [-0.2, 0) is 11.3 Å². The second-order valence-electron chi connectivity index (χ2n) is 8.23. The van der Waals surface area contributed by atoms with Crippen LogP contribution in [0.1, 0.15) is 18.1 Å². The number of thioether (sulfide) groups is 1. The highest BCUT2D eigenvalue weighted by Gasteiger charge is 2.14. The van der Waals surface area contributed by atoms with Crippen LogP contribution in [0.5, 0.6) is 0 Å². The minimum atomic E-state index is -0.196. The molecule has 5 rings (SSSR count). The Morgan fingerprint density at radius 3 is 2.29 bits per heavy atom. The minimum Gasteiger partial charge on any atom is -0.302 e. The highest BCUT2D eigenvalue weighted by atomic mass is 32.2. The van der Waals surface area contributed by atoms with E-state index in [0.717, 1.165) is 38.5 Å². The SMILES string of the molecule is CCn1c(SCC(=O)N/N=C\c2c3ccccc3cc3ccccc23)nnc1-c1ccc(C)cc1. The molecule has 7 heteroatoms. The summed E-state index contributed by atoms with van der Waals surface area (Å²) in [4.78, 5) is 12.5. The zero-order chi connectivity index (χ0) is 24.2. The van der Waals surface area contributed by atoms with Gasteiger partial charge >= 0.3 is 0 Å². The van der Waals surface area contributed by atoms with Crippen LogP contribution in [0.15, 0.2) is 89.1 Å². The van der Waals surface area contributed by atoms with Gasteiger partial charge in [-0.1, -0.05) is 90.1 Å². The molecule has 0 aliphatic carbocycles. The number of carbonyl (C=O) groups is 1. The van der Waals surface area contributed by atoms with E-state index in [0.29, 0.717) is 11.7 Å². The standard InChI is InChI=1S/C28H25N5OS/c1-3-33-27(20-14-12-19(2)13-15-20)31-32-28(33)35-18-26(34)30-29-17-25-23-10-6-4-8-21(23)16-22-9-5-7-11-24(22)25/h4-17H,3,18H2,1-2H3,(H,30,34)/b29-17-. The first-order valence-electron chi connectivity index (χ1n) is 11.5. The van der Waals surface area contributed by atoms with Crippen LogP contribution in [-0.4, -0.2) is 32.6 Å². The van der Waals surface area contributed by atoms with Crippen LogP contribution < -0.4 is 5.43 Å². The van der Waals surface area contributed by atoms with Crippen molar-refractivity contribution in [2.75, 3.05) is 5.75 Å². The molecule has 1 N–H and O–H groups in total. The molecular formula is C28H25N5OS. The first kappa shape index (κ1) is 22.8. The average molecular weight is 480 g/mol. The van der Waals surface area contributed by atoms with E-state index in [9.17, 15) is 4.79 Å². The molecule has 4 aromatic carbocycles. The molecule has 0 unspecified atom stereocenters. The third kappa shape index (κ3) is 4.81. The van der Waals surface area contributed by atoms with E-state index in [1.807, 2.05) is 47.9 Å². The summed E-state index contributed by atoms with van der Waals surface area (Å²) in [6, 6.07) is 26.8. The molecule has 0 saturated heterocycles. The van der Waals surface area contributed by atoms with Gasteiger partial charge in [0, 0.05) is 17.7 Å². The van der Waals surface area contributed by atoms with Crippen molar-refractivity contribution in [1.82, 2.24) is 20.2 Å². The largest absolute Gasteiger partial charge is 0.302 e. The van der Waals surface area contributed by atoms with Crippen LogP contribution in [0.2, 0.25) is 0 Å². The van der Waals surface area contributed by atoms with Gasteiger partial charge in [-0.25, -0.2) is 5.43 Å². The number of amides is 1. The molecule has 1 aromatic heterocycles. The second kappa shape index (κ2) is 10.1. The van der Waals surface area contributed by atoms with Crippen molar-refractivity contribution in [3.8, 4) is 11.4 Å². The number of aromatic nitrogens is 3. The number of fused-ring (bicyclic) bond motifs is 2. The fourth-order valence-corrected chi connectivity index (χ4v) is 4.91. The molecule has 0 aliphatic heterocycles. The summed E-state index contributed by atoms with van der Waals surface area (Å²) in [7, 11) is 0. The van der Waals surface area contributed by atoms with Gasteiger partial charge in [0.1, 0.15) is 0 Å². The third-order valence-electron chi connectivity index (χ3n) is 5.87. The number of hydrogen-bond donors (Lipinski definition) is 1. The molecule has 1 heterocycles. The highest BCUT2D eigenvalue weighted by Crippen LogP contribution is 2.27. The number of nitrogens with one attached hydrogen (secondary N) is 1. The fraction of sp³-hybridized carbons (Fsp3) is 0.143. The summed E-state index contributed by atoms with van der Waals surface area (Å²) in [5, 5.41) is 18.1. The quantitative estimate of drug-likeness (QED) is 0.138. The van der Waals surface area contributed by atoms with Crippen molar-refractivity contribution in [3.05, 3.63) is 90.0 Å². The van der Waals surface area contributed by atoms with Crippen LogP contribution in [0.4, 0.5) is 0 Å². The van der Waals surface area contributed by atoms with Gasteiger partial charge in [0.05, 0.1) is 12.0 Å². The maximum absolute atomic E-state index is 12.5. The Labute approximate surface area is 208 Å². The lowest BCUT2D eigenvalue weighted by Crippen LogP contribution is -2.20. The topological polar surface area (TPSA) is 72.2 Å². The maximum atomic E-state index is 12.5.